The molecule has 1 fully saturated rings. The van der Waals surface area contributed by atoms with Crippen molar-refractivity contribution in [1.82, 2.24) is 9.97 Å². The van der Waals surface area contributed by atoms with Gasteiger partial charge in [-0.2, -0.15) is 0 Å². The van der Waals surface area contributed by atoms with Crippen molar-refractivity contribution < 1.29 is 9.15 Å². The Balaban J connectivity index is 1.82. The van der Waals surface area contributed by atoms with E-state index in [1.54, 1.807) is 6.26 Å². The molecule has 27 heavy (non-hydrogen) atoms. The third kappa shape index (κ3) is 3.60. The minimum absolute atomic E-state index is 0.192. The van der Waals surface area contributed by atoms with Gasteiger partial charge in [-0.05, 0) is 63.1 Å². The third-order valence-corrected chi connectivity index (χ3v) is 4.99. The SMILES string of the molecule is Cc1cc(-c2cnc(N3C[C@@H](C)O[C@@H](C)C3)cc2-c2ccoc2C)ccn1. The van der Waals surface area contributed by atoms with Crippen LogP contribution in [0.4, 0.5) is 5.82 Å². The Morgan fingerprint density at radius 2 is 1.74 bits per heavy atom. The molecule has 0 aliphatic carbocycles. The molecule has 3 aromatic rings. The highest BCUT2D eigenvalue weighted by Gasteiger charge is 2.24. The van der Waals surface area contributed by atoms with E-state index < -0.39 is 0 Å². The molecule has 0 N–H and O–H groups in total. The molecule has 3 aromatic heterocycles. The Hall–Kier alpha value is -2.66. The van der Waals surface area contributed by atoms with Crippen molar-refractivity contribution in [3.05, 3.63) is 54.4 Å². The lowest BCUT2D eigenvalue weighted by Crippen LogP contribution is -2.45. The highest BCUT2D eigenvalue weighted by molar-refractivity contribution is 5.85. The molecule has 1 saturated heterocycles. The van der Waals surface area contributed by atoms with Crippen LogP contribution in [0.2, 0.25) is 0 Å². The molecular formula is C22H25N3O2. The quantitative estimate of drug-likeness (QED) is 0.679. The predicted octanol–water partition coefficient (Wildman–Crippen LogP) is 4.63. The number of anilines is 1. The maximum absolute atomic E-state index is 5.87. The molecule has 4 heterocycles. The smallest absolute Gasteiger partial charge is 0.129 e. The molecule has 1 aliphatic rings. The molecule has 4 rings (SSSR count). The van der Waals surface area contributed by atoms with Crippen LogP contribution in [0.3, 0.4) is 0 Å². The van der Waals surface area contributed by atoms with Crippen LogP contribution in [-0.2, 0) is 4.74 Å². The zero-order valence-electron chi connectivity index (χ0n) is 16.3. The Kier molecular flexibility index (Phi) is 4.70. The van der Waals surface area contributed by atoms with Gasteiger partial charge in [-0.3, -0.25) is 4.98 Å². The number of rotatable bonds is 3. The molecule has 2 atom stereocenters. The largest absolute Gasteiger partial charge is 0.469 e. The second kappa shape index (κ2) is 7.16. The molecule has 0 amide bonds. The number of aromatic nitrogens is 2. The van der Waals surface area contributed by atoms with Crippen LogP contribution < -0.4 is 4.90 Å². The van der Waals surface area contributed by atoms with E-state index in [-0.39, 0.29) is 12.2 Å². The van der Waals surface area contributed by atoms with Gasteiger partial charge in [0.1, 0.15) is 11.6 Å². The van der Waals surface area contributed by atoms with E-state index in [1.807, 2.05) is 38.4 Å². The van der Waals surface area contributed by atoms with E-state index in [9.17, 15) is 0 Å². The molecule has 0 spiro atoms. The maximum Gasteiger partial charge on any atom is 0.129 e. The molecule has 140 valence electrons. The van der Waals surface area contributed by atoms with Crippen LogP contribution >= 0.6 is 0 Å². The Labute approximate surface area is 160 Å². The van der Waals surface area contributed by atoms with Gasteiger partial charge in [-0.15, -0.1) is 0 Å². The summed E-state index contributed by atoms with van der Waals surface area (Å²) in [4.78, 5) is 11.4. The molecule has 0 bridgehead atoms. The number of furan rings is 1. The molecule has 0 saturated carbocycles. The summed E-state index contributed by atoms with van der Waals surface area (Å²) in [7, 11) is 0. The average molecular weight is 363 g/mol. The van der Waals surface area contributed by atoms with Gasteiger partial charge in [0, 0.05) is 42.3 Å². The first-order valence-electron chi connectivity index (χ1n) is 9.39. The van der Waals surface area contributed by atoms with Gasteiger partial charge < -0.3 is 14.1 Å². The van der Waals surface area contributed by atoms with Crippen molar-refractivity contribution >= 4 is 5.82 Å². The standard InChI is InChI=1S/C22H25N3O2/c1-14-9-18(5-7-23-14)21-11-24-22(25-12-15(2)27-16(3)13-25)10-20(21)19-6-8-26-17(19)4/h5-11,15-16H,12-13H2,1-4H3/t15-,16+. The van der Waals surface area contributed by atoms with Gasteiger partial charge in [0.15, 0.2) is 0 Å². The molecule has 1 aliphatic heterocycles. The van der Waals surface area contributed by atoms with Crippen LogP contribution in [0.5, 0.6) is 0 Å². The molecular weight excluding hydrogens is 338 g/mol. The maximum atomic E-state index is 5.87. The Morgan fingerprint density at radius 1 is 0.963 bits per heavy atom. The van der Waals surface area contributed by atoms with Gasteiger partial charge in [0.25, 0.3) is 0 Å². The molecule has 0 unspecified atom stereocenters. The number of aryl methyl sites for hydroxylation is 2. The first kappa shape index (κ1) is 17.7. The first-order chi connectivity index (χ1) is 13.0. The molecule has 0 radical (unpaired) electrons. The summed E-state index contributed by atoms with van der Waals surface area (Å²) in [5, 5.41) is 0. The van der Waals surface area contributed by atoms with Gasteiger partial charge in [-0.1, -0.05) is 0 Å². The number of morpholine rings is 1. The summed E-state index contributed by atoms with van der Waals surface area (Å²) in [5.41, 5.74) is 5.41. The van der Waals surface area contributed by atoms with Crippen molar-refractivity contribution in [3.8, 4) is 22.3 Å². The molecule has 5 nitrogen and oxygen atoms in total. The zero-order chi connectivity index (χ0) is 19.0. The summed E-state index contributed by atoms with van der Waals surface area (Å²) < 4.78 is 11.5. The normalized spacial score (nSPS) is 20.1. The van der Waals surface area contributed by atoms with E-state index in [4.69, 9.17) is 14.1 Å². The van der Waals surface area contributed by atoms with Crippen molar-refractivity contribution in [3.63, 3.8) is 0 Å². The van der Waals surface area contributed by atoms with Gasteiger partial charge in [-0.25, -0.2) is 4.98 Å². The van der Waals surface area contributed by atoms with Crippen molar-refractivity contribution in [2.75, 3.05) is 18.0 Å². The van der Waals surface area contributed by atoms with Crippen LogP contribution in [0.25, 0.3) is 22.3 Å². The molecule has 0 aromatic carbocycles. The highest BCUT2D eigenvalue weighted by atomic mass is 16.5. The number of hydrogen-bond acceptors (Lipinski definition) is 5. The van der Waals surface area contributed by atoms with E-state index in [1.165, 1.54) is 0 Å². The van der Waals surface area contributed by atoms with Crippen molar-refractivity contribution in [2.24, 2.45) is 0 Å². The van der Waals surface area contributed by atoms with Gasteiger partial charge in [0.2, 0.25) is 0 Å². The van der Waals surface area contributed by atoms with E-state index in [0.29, 0.717) is 0 Å². The predicted molar refractivity (Wildman–Crippen MR) is 107 cm³/mol. The van der Waals surface area contributed by atoms with E-state index >= 15 is 0 Å². The lowest BCUT2D eigenvalue weighted by molar-refractivity contribution is -0.00545. The summed E-state index contributed by atoms with van der Waals surface area (Å²) in [6.45, 7) is 9.90. The van der Waals surface area contributed by atoms with Crippen LogP contribution in [0.15, 0.2) is 47.3 Å². The molecule has 5 heteroatoms. The topological polar surface area (TPSA) is 51.4 Å². The van der Waals surface area contributed by atoms with E-state index in [0.717, 1.165) is 52.6 Å². The fourth-order valence-electron chi connectivity index (χ4n) is 3.81. The van der Waals surface area contributed by atoms with Gasteiger partial charge >= 0.3 is 0 Å². The Bertz CT molecular complexity index is 940. The lowest BCUT2D eigenvalue weighted by atomic mass is 9.96. The summed E-state index contributed by atoms with van der Waals surface area (Å²) in [5.74, 6) is 1.88. The lowest BCUT2D eigenvalue weighted by Gasteiger charge is -2.36. The van der Waals surface area contributed by atoms with E-state index in [2.05, 4.69) is 35.9 Å². The fraction of sp³-hybridized carbons (Fsp3) is 0.364. The first-order valence-corrected chi connectivity index (χ1v) is 9.39. The monoisotopic (exact) mass is 363 g/mol. The Morgan fingerprint density at radius 3 is 2.41 bits per heavy atom. The van der Waals surface area contributed by atoms with Crippen LogP contribution in [0.1, 0.15) is 25.3 Å². The minimum atomic E-state index is 0.192. The highest BCUT2D eigenvalue weighted by Crippen LogP contribution is 2.36. The number of ether oxygens (including phenoxy) is 1. The van der Waals surface area contributed by atoms with Crippen molar-refractivity contribution in [2.45, 2.75) is 39.9 Å². The summed E-state index contributed by atoms with van der Waals surface area (Å²) in [6.07, 6.45) is 5.94. The van der Waals surface area contributed by atoms with Crippen molar-refractivity contribution in [1.29, 1.82) is 0 Å². The second-order valence-electron chi connectivity index (χ2n) is 7.33. The summed E-state index contributed by atoms with van der Waals surface area (Å²) >= 11 is 0. The number of nitrogens with zero attached hydrogens (tertiary/aromatic N) is 3. The zero-order valence-corrected chi connectivity index (χ0v) is 16.3. The average Bonchev–Trinajstić information content (AvgIpc) is 3.06. The minimum Gasteiger partial charge on any atom is -0.469 e. The summed E-state index contributed by atoms with van der Waals surface area (Å²) in [6, 6.07) is 8.32. The fourth-order valence-corrected chi connectivity index (χ4v) is 3.81. The third-order valence-electron chi connectivity index (χ3n) is 4.99. The van der Waals surface area contributed by atoms with Crippen LogP contribution in [0, 0.1) is 13.8 Å². The second-order valence-corrected chi connectivity index (χ2v) is 7.33. The number of pyridine rings is 2. The van der Waals surface area contributed by atoms with Gasteiger partial charge in [0.05, 0.1) is 18.5 Å². The number of hydrogen-bond donors (Lipinski definition) is 0. The van der Waals surface area contributed by atoms with Crippen LogP contribution in [-0.4, -0.2) is 35.3 Å².